The van der Waals surface area contributed by atoms with Crippen molar-refractivity contribution >= 4 is 22.7 Å². The van der Waals surface area contributed by atoms with Gasteiger partial charge in [-0.15, -0.1) is 0 Å². The summed E-state index contributed by atoms with van der Waals surface area (Å²) in [5, 5.41) is 1.39. The lowest BCUT2D eigenvalue weighted by atomic mass is 10.2. The maximum atomic E-state index is 12.9. The molecular weight excluding hydrogens is 368 g/mol. The standard InChI is InChI=1S/C22H22N4OS/c1-16(2)26-21(27)18-10-6-7-11-19(18)24-22(26)28-15-20-23-12-13-25(20)14-17-8-4-3-5-9-17/h3-13,16H,14-15H2,1-2H3. The van der Waals surface area contributed by atoms with Crippen LogP contribution in [0.1, 0.15) is 31.3 Å². The number of rotatable bonds is 6. The molecule has 0 atom stereocenters. The maximum Gasteiger partial charge on any atom is 0.262 e. The zero-order chi connectivity index (χ0) is 19.5. The molecule has 0 amide bonds. The zero-order valence-corrected chi connectivity index (χ0v) is 16.8. The highest BCUT2D eigenvalue weighted by Gasteiger charge is 2.15. The first-order chi connectivity index (χ1) is 13.6. The lowest BCUT2D eigenvalue weighted by Gasteiger charge is -2.16. The van der Waals surface area contributed by atoms with Crippen LogP contribution < -0.4 is 5.56 Å². The van der Waals surface area contributed by atoms with Gasteiger partial charge in [-0.2, -0.15) is 0 Å². The number of nitrogens with zero attached hydrogens (tertiary/aromatic N) is 4. The highest BCUT2D eigenvalue weighted by molar-refractivity contribution is 7.98. The molecule has 0 saturated heterocycles. The molecule has 0 radical (unpaired) electrons. The molecule has 0 bridgehead atoms. The van der Waals surface area contributed by atoms with E-state index in [0.717, 1.165) is 23.0 Å². The van der Waals surface area contributed by atoms with E-state index >= 15 is 0 Å². The molecular formula is C22H22N4OS. The minimum atomic E-state index is 0.00993. The topological polar surface area (TPSA) is 52.7 Å². The number of hydrogen-bond acceptors (Lipinski definition) is 4. The van der Waals surface area contributed by atoms with Crippen LogP contribution in [0.25, 0.3) is 10.9 Å². The Morgan fingerprint density at radius 2 is 1.79 bits per heavy atom. The normalized spacial score (nSPS) is 11.4. The van der Waals surface area contributed by atoms with Crippen LogP contribution in [0.5, 0.6) is 0 Å². The van der Waals surface area contributed by atoms with E-state index in [4.69, 9.17) is 4.98 Å². The van der Waals surface area contributed by atoms with Crippen LogP contribution in [0.3, 0.4) is 0 Å². The molecule has 0 spiro atoms. The summed E-state index contributed by atoms with van der Waals surface area (Å²) in [5.41, 5.74) is 1.98. The average molecular weight is 391 g/mol. The molecule has 0 aliphatic carbocycles. The second-order valence-corrected chi connectivity index (χ2v) is 7.87. The Morgan fingerprint density at radius 1 is 1.04 bits per heavy atom. The molecule has 28 heavy (non-hydrogen) atoms. The van der Waals surface area contributed by atoms with E-state index in [1.807, 2.05) is 68.7 Å². The number of thioether (sulfide) groups is 1. The largest absolute Gasteiger partial charge is 0.330 e. The van der Waals surface area contributed by atoms with Crippen LogP contribution in [-0.2, 0) is 12.3 Å². The first kappa shape index (κ1) is 18.5. The summed E-state index contributed by atoms with van der Waals surface area (Å²) in [5.74, 6) is 1.61. The smallest absolute Gasteiger partial charge is 0.262 e. The van der Waals surface area contributed by atoms with Crippen LogP contribution in [0, 0.1) is 0 Å². The van der Waals surface area contributed by atoms with Crippen molar-refractivity contribution in [3.05, 3.63) is 88.7 Å². The summed E-state index contributed by atoms with van der Waals surface area (Å²) >= 11 is 1.56. The van der Waals surface area contributed by atoms with Crippen molar-refractivity contribution in [3.8, 4) is 0 Å². The molecule has 5 nitrogen and oxygen atoms in total. The van der Waals surface area contributed by atoms with E-state index in [2.05, 4.69) is 21.7 Å². The summed E-state index contributed by atoms with van der Waals surface area (Å²) in [4.78, 5) is 22.2. The Morgan fingerprint density at radius 3 is 2.57 bits per heavy atom. The minimum Gasteiger partial charge on any atom is -0.330 e. The van der Waals surface area contributed by atoms with Gasteiger partial charge in [0.05, 0.1) is 16.7 Å². The van der Waals surface area contributed by atoms with Crippen molar-refractivity contribution in [2.45, 2.75) is 37.3 Å². The van der Waals surface area contributed by atoms with Gasteiger partial charge in [0.25, 0.3) is 5.56 Å². The van der Waals surface area contributed by atoms with Crippen molar-refractivity contribution in [2.24, 2.45) is 0 Å². The molecule has 0 unspecified atom stereocenters. The second kappa shape index (κ2) is 8.02. The van der Waals surface area contributed by atoms with Gasteiger partial charge < -0.3 is 4.57 Å². The van der Waals surface area contributed by atoms with Crippen molar-refractivity contribution in [1.82, 2.24) is 19.1 Å². The fraction of sp³-hybridized carbons (Fsp3) is 0.227. The van der Waals surface area contributed by atoms with E-state index in [9.17, 15) is 4.79 Å². The Balaban J connectivity index is 1.62. The summed E-state index contributed by atoms with van der Waals surface area (Å²) in [7, 11) is 0. The average Bonchev–Trinajstić information content (AvgIpc) is 3.14. The third-order valence-electron chi connectivity index (χ3n) is 4.62. The van der Waals surface area contributed by atoms with Crippen LogP contribution in [0.15, 0.2) is 76.9 Å². The lowest BCUT2D eigenvalue weighted by molar-refractivity contribution is 0.519. The highest BCUT2D eigenvalue weighted by Crippen LogP contribution is 2.24. The fourth-order valence-electron chi connectivity index (χ4n) is 3.22. The first-order valence-corrected chi connectivity index (χ1v) is 10.3. The quantitative estimate of drug-likeness (QED) is 0.359. The minimum absolute atomic E-state index is 0.00993. The van der Waals surface area contributed by atoms with Gasteiger partial charge in [0, 0.05) is 25.0 Å². The third-order valence-corrected chi connectivity index (χ3v) is 5.57. The van der Waals surface area contributed by atoms with E-state index in [1.165, 1.54) is 5.56 Å². The Kier molecular flexibility index (Phi) is 5.30. The number of imidazole rings is 1. The van der Waals surface area contributed by atoms with Crippen LogP contribution in [0.4, 0.5) is 0 Å². The van der Waals surface area contributed by atoms with Gasteiger partial charge in [0.15, 0.2) is 5.16 Å². The number of fused-ring (bicyclic) bond motifs is 1. The van der Waals surface area contributed by atoms with Crippen LogP contribution in [0.2, 0.25) is 0 Å². The fourth-order valence-corrected chi connectivity index (χ4v) is 4.31. The van der Waals surface area contributed by atoms with Crippen molar-refractivity contribution in [3.63, 3.8) is 0 Å². The van der Waals surface area contributed by atoms with Gasteiger partial charge in [-0.3, -0.25) is 9.36 Å². The van der Waals surface area contributed by atoms with Gasteiger partial charge in [-0.05, 0) is 31.5 Å². The van der Waals surface area contributed by atoms with Crippen molar-refractivity contribution in [1.29, 1.82) is 0 Å². The third kappa shape index (κ3) is 3.73. The molecule has 142 valence electrons. The van der Waals surface area contributed by atoms with E-state index in [-0.39, 0.29) is 11.6 Å². The predicted octanol–water partition coefficient (Wildman–Crippen LogP) is 4.51. The van der Waals surface area contributed by atoms with Crippen molar-refractivity contribution < 1.29 is 0 Å². The molecule has 4 aromatic rings. The summed E-state index contributed by atoms with van der Waals surface area (Å²) in [6.45, 7) is 4.80. The second-order valence-electron chi connectivity index (χ2n) is 6.93. The summed E-state index contributed by atoms with van der Waals surface area (Å²) in [6.07, 6.45) is 3.81. The molecule has 2 heterocycles. The monoisotopic (exact) mass is 390 g/mol. The maximum absolute atomic E-state index is 12.9. The summed E-state index contributed by atoms with van der Waals surface area (Å²) < 4.78 is 3.92. The summed E-state index contributed by atoms with van der Waals surface area (Å²) in [6, 6.07) is 17.9. The molecule has 4 rings (SSSR count). The lowest BCUT2D eigenvalue weighted by Crippen LogP contribution is -2.25. The molecule has 0 N–H and O–H groups in total. The Hall–Kier alpha value is -2.86. The van der Waals surface area contributed by atoms with E-state index in [0.29, 0.717) is 11.1 Å². The van der Waals surface area contributed by atoms with Crippen LogP contribution >= 0.6 is 11.8 Å². The van der Waals surface area contributed by atoms with Gasteiger partial charge >= 0.3 is 0 Å². The molecule has 2 aromatic heterocycles. The zero-order valence-electron chi connectivity index (χ0n) is 15.9. The van der Waals surface area contributed by atoms with Gasteiger partial charge in [0.1, 0.15) is 5.82 Å². The van der Waals surface area contributed by atoms with Crippen LogP contribution in [-0.4, -0.2) is 19.1 Å². The molecule has 2 aromatic carbocycles. The number of para-hydroxylation sites is 1. The molecule has 0 aliphatic heterocycles. The Bertz CT molecular complexity index is 1150. The number of aromatic nitrogens is 4. The van der Waals surface area contributed by atoms with Gasteiger partial charge in [-0.1, -0.05) is 54.2 Å². The SMILES string of the molecule is CC(C)n1c(SCc2nccn2Cc2ccccc2)nc2ccccc2c1=O. The van der Waals surface area contributed by atoms with E-state index < -0.39 is 0 Å². The van der Waals surface area contributed by atoms with Crippen molar-refractivity contribution in [2.75, 3.05) is 0 Å². The van der Waals surface area contributed by atoms with Gasteiger partial charge in [0.2, 0.25) is 0 Å². The van der Waals surface area contributed by atoms with E-state index in [1.54, 1.807) is 16.3 Å². The number of benzene rings is 2. The van der Waals surface area contributed by atoms with Gasteiger partial charge in [-0.25, -0.2) is 9.97 Å². The molecule has 0 aliphatic rings. The predicted molar refractivity (Wildman–Crippen MR) is 114 cm³/mol. The number of hydrogen-bond donors (Lipinski definition) is 0. The molecule has 6 heteroatoms. The Labute approximate surface area is 168 Å². The molecule has 0 fully saturated rings. The molecule has 0 saturated carbocycles. The highest BCUT2D eigenvalue weighted by atomic mass is 32.2. The first-order valence-electron chi connectivity index (χ1n) is 9.31.